The lowest BCUT2D eigenvalue weighted by atomic mass is 10.0. The number of benzene rings is 2. The molecule has 1 aromatic heterocycles. The van der Waals surface area contributed by atoms with Gasteiger partial charge in [0, 0.05) is 35.8 Å². The predicted octanol–water partition coefficient (Wildman–Crippen LogP) is 3.54. The van der Waals surface area contributed by atoms with Crippen LogP contribution in [0, 0.1) is 5.41 Å². The van der Waals surface area contributed by atoms with Crippen LogP contribution in [-0.2, 0) is 26.0 Å². The van der Waals surface area contributed by atoms with E-state index in [4.69, 9.17) is 15.9 Å². The van der Waals surface area contributed by atoms with Crippen molar-refractivity contribution in [2.24, 2.45) is 5.73 Å². The molecule has 2 amide bonds. The largest absolute Gasteiger partial charge is 0.444 e. The molecule has 2 aromatic carbocycles. The second-order valence-electron chi connectivity index (χ2n) is 9.62. The zero-order chi connectivity index (χ0) is 28.6. The Morgan fingerprint density at radius 3 is 2.56 bits per heavy atom. The van der Waals surface area contributed by atoms with E-state index in [1.165, 1.54) is 29.5 Å². The smallest absolute Gasteiger partial charge is 0.407 e. The minimum absolute atomic E-state index is 0.0279. The number of anilines is 1. The van der Waals surface area contributed by atoms with Crippen molar-refractivity contribution in [3.05, 3.63) is 76.2 Å². The summed E-state index contributed by atoms with van der Waals surface area (Å²) in [7, 11) is -4.01. The number of amidine groups is 1. The minimum atomic E-state index is -4.01. The summed E-state index contributed by atoms with van der Waals surface area (Å²) in [6.45, 7) is 5.27. The van der Waals surface area contributed by atoms with Crippen LogP contribution < -0.4 is 21.1 Å². The van der Waals surface area contributed by atoms with Crippen molar-refractivity contribution in [1.82, 2.24) is 15.0 Å². The third-order valence-electron chi connectivity index (χ3n) is 5.17. The number of rotatable bonds is 11. The average Bonchev–Trinajstić information content (AvgIpc) is 3.38. The number of nitrogens with two attached hydrogens (primary N) is 1. The van der Waals surface area contributed by atoms with Gasteiger partial charge in [-0.1, -0.05) is 24.3 Å². The number of hydrogen-bond acceptors (Lipinski definition) is 8. The van der Waals surface area contributed by atoms with E-state index < -0.39 is 33.7 Å². The maximum Gasteiger partial charge on any atom is 0.407 e. The average molecular weight is 573 g/mol. The van der Waals surface area contributed by atoms with Gasteiger partial charge in [0.05, 0.1) is 10.9 Å². The van der Waals surface area contributed by atoms with Gasteiger partial charge in [0.15, 0.2) is 0 Å². The highest BCUT2D eigenvalue weighted by Gasteiger charge is 2.24. The molecule has 11 nitrogen and oxygen atoms in total. The highest BCUT2D eigenvalue weighted by molar-refractivity contribution is 7.89. The van der Waals surface area contributed by atoms with Gasteiger partial charge in [0.25, 0.3) is 0 Å². The van der Waals surface area contributed by atoms with E-state index in [1.54, 1.807) is 56.6 Å². The SMILES string of the molecule is CC(C)(C)OC(=O)NCCC(=O)Nc1cccc(S(=O)(=O)N[C@@H](Cc2cccc(C(=N)N)c2)c2nccs2)c1. The molecule has 3 aromatic rings. The number of nitrogens with zero attached hydrogens (tertiary/aromatic N) is 1. The minimum Gasteiger partial charge on any atom is -0.444 e. The summed E-state index contributed by atoms with van der Waals surface area (Å²) >= 11 is 1.32. The molecule has 208 valence electrons. The fraction of sp³-hybridized carbons (Fsp3) is 0.308. The number of thiazole rings is 1. The van der Waals surface area contributed by atoms with E-state index in [9.17, 15) is 18.0 Å². The first-order valence-electron chi connectivity index (χ1n) is 12.0. The van der Waals surface area contributed by atoms with Crippen LogP contribution in [0.5, 0.6) is 0 Å². The number of carbonyl (C=O) groups is 2. The molecule has 1 heterocycles. The van der Waals surface area contributed by atoms with Gasteiger partial charge in [-0.15, -0.1) is 11.3 Å². The van der Waals surface area contributed by atoms with E-state index in [2.05, 4.69) is 20.3 Å². The summed E-state index contributed by atoms with van der Waals surface area (Å²) in [5.74, 6) is -0.484. The van der Waals surface area contributed by atoms with Crippen molar-refractivity contribution in [3.8, 4) is 0 Å². The number of sulfonamides is 1. The molecule has 0 aliphatic carbocycles. The van der Waals surface area contributed by atoms with Gasteiger partial charge in [0.1, 0.15) is 16.4 Å². The monoisotopic (exact) mass is 572 g/mol. The van der Waals surface area contributed by atoms with Crippen LogP contribution in [0.3, 0.4) is 0 Å². The topological polar surface area (TPSA) is 176 Å². The first-order chi connectivity index (χ1) is 18.3. The van der Waals surface area contributed by atoms with Crippen molar-refractivity contribution in [1.29, 1.82) is 5.41 Å². The fourth-order valence-corrected chi connectivity index (χ4v) is 5.51. The van der Waals surface area contributed by atoms with Crippen LogP contribution in [0.2, 0.25) is 0 Å². The summed E-state index contributed by atoms with van der Waals surface area (Å²) in [5.41, 5.74) is 6.57. The van der Waals surface area contributed by atoms with Crippen LogP contribution >= 0.6 is 11.3 Å². The summed E-state index contributed by atoms with van der Waals surface area (Å²) in [4.78, 5) is 28.3. The summed E-state index contributed by atoms with van der Waals surface area (Å²) in [6, 6.07) is 12.3. The third kappa shape index (κ3) is 9.46. The number of amides is 2. The summed E-state index contributed by atoms with van der Waals surface area (Å²) in [5, 5.41) is 15.2. The fourth-order valence-electron chi connectivity index (χ4n) is 3.50. The molecular formula is C26H32N6O5S2. The third-order valence-corrected chi connectivity index (χ3v) is 7.53. The van der Waals surface area contributed by atoms with Gasteiger partial charge < -0.3 is 21.1 Å². The highest BCUT2D eigenvalue weighted by Crippen LogP contribution is 2.25. The second kappa shape index (κ2) is 12.8. The first-order valence-corrected chi connectivity index (χ1v) is 14.4. The number of alkyl carbamates (subject to hydrolysis) is 1. The molecule has 0 saturated carbocycles. The summed E-state index contributed by atoms with van der Waals surface area (Å²) < 4.78 is 34.5. The van der Waals surface area contributed by atoms with E-state index in [0.717, 1.165) is 5.56 Å². The molecule has 0 aliphatic heterocycles. The number of carbonyl (C=O) groups excluding carboxylic acids is 2. The molecule has 6 N–H and O–H groups in total. The van der Waals surface area contributed by atoms with Crippen molar-refractivity contribution >= 4 is 44.9 Å². The van der Waals surface area contributed by atoms with Crippen LogP contribution in [0.25, 0.3) is 0 Å². The molecule has 0 saturated heterocycles. The van der Waals surface area contributed by atoms with Gasteiger partial charge in [-0.25, -0.2) is 22.9 Å². The Hall–Kier alpha value is -3.81. The standard InChI is InChI=1S/C26H32N6O5S2/c1-26(2,3)37-25(34)30-11-10-22(33)31-19-8-5-9-20(16-19)39(35,36)32-21(24-29-12-13-38-24)15-17-6-4-7-18(14-17)23(27)28/h4-9,12-14,16,21,32H,10-11,15H2,1-3H3,(H3,27,28)(H,30,34)(H,31,33)/t21-/m0/s1. The van der Waals surface area contributed by atoms with Crippen molar-refractivity contribution < 1.29 is 22.7 Å². The molecule has 0 aliphatic rings. The normalized spacial score (nSPS) is 12.4. The molecule has 0 fully saturated rings. The molecule has 13 heteroatoms. The Labute approximate surface area is 231 Å². The Morgan fingerprint density at radius 2 is 1.90 bits per heavy atom. The maximum atomic E-state index is 13.3. The summed E-state index contributed by atoms with van der Waals surface area (Å²) in [6.07, 6.45) is 1.23. The van der Waals surface area contributed by atoms with Gasteiger partial charge in [-0.05, 0) is 57.0 Å². The molecule has 3 rings (SSSR count). The highest BCUT2D eigenvalue weighted by atomic mass is 32.2. The van der Waals surface area contributed by atoms with E-state index in [-0.39, 0.29) is 30.1 Å². The molecular weight excluding hydrogens is 540 g/mol. The lowest BCUT2D eigenvalue weighted by molar-refractivity contribution is -0.116. The molecule has 39 heavy (non-hydrogen) atoms. The zero-order valence-corrected chi connectivity index (χ0v) is 23.5. The van der Waals surface area contributed by atoms with Crippen LogP contribution in [0.1, 0.15) is 49.4 Å². The van der Waals surface area contributed by atoms with Crippen LogP contribution in [0.15, 0.2) is 65.0 Å². The van der Waals surface area contributed by atoms with Crippen molar-refractivity contribution in [2.45, 2.75) is 50.2 Å². The number of hydrogen-bond donors (Lipinski definition) is 5. The van der Waals surface area contributed by atoms with Crippen molar-refractivity contribution in [3.63, 3.8) is 0 Å². The lowest BCUT2D eigenvalue weighted by Crippen LogP contribution is -2.34. The van der Waals surface area contributed by atoms with Gasteiger partial charge in [-0.2, -0.15) is 0 Å². The Balaban J connectivity index is 1.68. The van der Waals surface area contributed by atoms with Crippen LogP contribution in [0.4, 0.5) is 10.5 Å². The van der Waals surface area contributed by atoms with E-state index in [1.807, 2.05) is 6.07 Å². The second-order valence-corrected chi connectivity index (χ2v) is 12.3. The Kier molecular flexibility index (Phi) is 9.78. The number of nitrogen functional groups attached to an aromatic ring is 1. The van der Waals surface area contributed by atoms with E-state index in [0.29, 0.717) is 16.3 Å². The van der Waals surface area contributed by atoms with Gasteiger partial charge in [-0.3, -0.25) is 10.2 Å². The number of ether oxygens (including phenoxy) is 1. The number of aromatic nitrogens is 1. The van der Waals surface area contributed by atoms with Gasteiger partial charge in [0.2, 0.25) is 15.9 Å². The quantitative estimate of drug-likeness (QED) is 0.172. The van der Waals surface area contributed by atoms with E-state index >= 15 is 0 Å². The first kappa shape index (κ1) is 29.7. The lowest BCUT2D eigenvalue weighted by Gasteiger charge is -2.19. The molecule has 0 unspecified atom stereocenters. The zero-order valence-electron chi connectivity index (χ0n) is 21.9. The number of nitrogens with one attached hydrogen (secondary N) is 4. The van der Waals surface area contributed by atoms with Crippen LogP contribution in [-0.4, -0.2) is 43.4 Å². The van der Waals surface area contributed by atoms with Crippen molar-refractivity contribution in [2.75, 3.05) is 11.9 Å². The molecule has 1 atom stereocenters. The Bertz CT molecular complexity index is 1420. The Morgan fingerprint density at radius 1 is 1.15 bits per heavy atom. The molecule has 0 radical (unpaired) electrons. The predicted molar refractivity (Wildman–Crippen MR) is 150 cm³/mol. The molecule has 0 spiro atoms. The molecule has 0 bridgehead atoms. The van der Waals surface area contributed by atoms with Gasteiger partial charge >= 0.3 is 6.09 Å². The maximum absolute atomic E-state index is 13.3.